The normalized spacial score (nSPS) is 10.3. The minimum Gasteiger partial charge on any atom is -0.370 e. The van der Waals surface area contributed by atoms with Crippen LogP contribution in [0.15, 0.2) is 36.5 Å². The highest BCUT2D eigenvalue weighted by Gasteiger charge is 2.22. The standard InChI is InChI=1S/C15H18N6O3.2CH5N/c1-17-15(24)11(7-13(16)22)18-14(23)9-21-8-12(19-20-21)10-5-3-2-4-6-10;2*1-2/h2-6,8,11H,7,9H2,1H3,(H2,16,22)(H,17,24)(H,18,23);2*2H2,1H3/t11-;;/m0../s1. The number of nitrogens with one attached hydrogen (secondary N) is 2. The number of nitrogens with zero attached hydrogens (tertiary/aromatic N) is 3. The lowest BCUT2D eigenvalue weighted by Gasteiger charge is -2.15. The van der Waals surface area contributed by atoms with Gasteiger partial charge in [-0.05, 0) is 14.1 Å². The molecule has 0 bridgehead atoms. The first-order valence-electron chi connectivity index (χ1n) is 8.40. The Labute approximate surface area is 163 Å². The monoisotopic (exact) mass is 392 g/mol. The summed E-state index contributed by atoms with van der Waals surface area (Å²) in [6.45, 7) is -0.133. The molecule has 0 saturated heterocycles. The van der Waals surface area contributed by atoms with Crippen LogP contribution >= 0.6 is 0 Å². The van der Waals surface area contributed by atoms with E-state index >= 15 is 0 Å². The smallest absolute Gasteiger partial charge is 0.242 e. The minimum atomic E-state index is -1.02. The number of hydrogen-bond acceptors (Lipinski definition) is 7. The van der Waals surface area contributed by atoms with Crippen molar-refractivity contribution in [1.82, 2.24) is 25.6 Å². The zero-order valence-electron chi connectivity index (χ0n) is 16.3. The quantitative estimate of drug-likeness (QED) is 0.368. The summed E-state index contributed by atoms with van der Waals surface area (Å²) in [4.78, 5) is 34.7. The Morgan fingerprint density at radius 1 is 1.11 bits per heavy atom. The number of nitrogens with two attached hydrogens (primary N) is 3. The maximum Gasteiger partial charge on any atom is 0.242 e. The van der Waals surface area contributed by atoms with Gasteiger partial charge in [0.1, 0.15) is 18.3 Å². The molecule has 2 rings (SSSR count). The van der Waals surface area contributed by atoms with E-state index in [2.05, 4.69) is 32.4 Å². The van der Waals surface area contributed by atoms with E-state index in [-0.39, 0.29) is 13.0 Å². The molecule has 0 aliphatic heterocycles. The maximum atomic E-state index is 12.0. The second-order valence-electron chi connectivity index (χ2n) is 5.07. The molecule has 0 saturated carbocycles. The number of likely N-dealkylation sites (N-methyl/N-ethyl adjacent to an activating group) is 1. The molecular formula is C17H28N8O3. The highest BCUT2D eigenvalue weighted by molar-refractivity contribution is 5.91. The van der Waals surface area contributed by atoms with E-state index in [9.17, 15) is 14.4 Å². The topological polar surface area (TPSA) is 184 Å². The van der Waals surface area contributed by atoms with E-state index in [1.807, 2.05) is 30.3 Å². The highest BCUT2D eigenvalue weighted by atomic mass is 16.2. The number of primary amides is 1. The average molecular weight is 392 g/mol. The predicted molar refractivity (Wildman–Crippen MR) is 105 cm³/mol. The Bertz CT molecular complexity index is 733. The van der Waals surface area contributed by atoms with Crippen LogP contribution in [-0.2, 0) is 20.9 Å². The molecule has 1 heterocycles. The van der Waals surface area contributed by atoms with Gasteiger partial charge in [0.25, 0.3) is 0 Å². The van der Waals surface area contributed by atoms with Gasteiger partial charge in [0.15, 0.2) is 0 Å². The van der Waals surface area contributed by atoms with Crippen molar-refractivity contribution in [2.75, 3.05) is 21.1 Å². The van der Waals surface area contributed by atoms with Crippen LogP contribution in [0.4, 0.5) is 0 Å². The zero-order valence-corrected chi connectivity index (χ0v) is 16.3. The van der Waals surface area contributed by atoms with E-state index in [0.29, 0.717) is 5.69 Å². The summed E-state index contributed by atoms with van der Waals surface area (Å²) < 4.78 is 1.35. The van der Waals surface area contributed by atoms with Crippen molar-refractivity contribution in [1.29, 1.82) is 0 Å². The van der Waals surface area contributed by atoms with Gasteiger partial charge >= 0.3 is 0 Å². The van der Waals surface area contributed by atoms with Gasteiger partial charge in [0.05, 0.1) is 12.6 Å². The molecule has 0 unspecified atom stereocenters. The molecule has 0 spiro atoms. The zero-order chi connectivity index (χ0) is 21.5. The van der Waals surface area contributed by atoms with Crippen molar-refractivity contribution >= 4 is 17.7 Å². The Kier molecular flexibility index (Phi) is 12.2. The van der Waals surface area contributed by atoms with Crippen LogP contribution in [0.5, 0.6) is 0 Å². The van der Waals surface area contributed by atoms with Crippen LogP contribution in [0.25, 0.3) is 11.3 Å². The summed E-state index contributed by atoms with van der Waals surface area (Å²) in [6.07, 6.45) is 1.34. The largest absolute Gasteiger partial charge is 0.370 e. The minimum absolute atomic E-state index is 0.133. The lowest BCUT2D eigenvalue weighted by molar-refractivity contribution is -0.131. The Morgan fingerprint density at radius 2 is 1.71 bits per heavy atom. The molecule has 1 aromatic carbocycles. The van der Waals surface area contributed by atoms with E-state index in [1.54, 1.807) is 6.20 Å². The van der Waals surface area contributed by atoms with Crippen LogP contribution in [0.1, 0.15) is 6.42 Å². The molecule has 1 atom stereocenters. The summed E-state index contributed by atoms with van der Waals surface area (Å²) >= 11 is 0. The molecular weight excluding hydrogens is 364 g/mol. The summed E-state index contributed by atoms with van der Waals surface area (Å²) in [5.41, 5.74) is 15.6. The number of rotatable bonds is 7. The number of aromatic nitrogens is 3. The first-order valence-corrected chi connectivity index (χ1v) is 8.40. The Morgan fingerprint density at radius 3 is 2.25 bits per heavy atom. The predicted octanol–water partition coefficient (Wildman–Crippen LogP) is -1.80. The summed E-state index contributed by atoms with van der Waals surface area (Å²) in [5.74, 6) is -1.66. The van der Waals surface area contributed by atoms with Gasteiger partial charge in [-0.25, -0.2) is 4.68 Å². The molecule has 0 aliphatic carbocycles. The van der Waals surface area contributed by atoms with Gasteiger partial charge in [-0.15, -0.1) is 5.10 Å². The second-order valence-corrected chi connectivity index (χ2v) is 5.07. The van der Waals surface area contributed by atoms with Gasteiger partial charge < -0.3 is 27.8 Å². The lowest BCUT2D eigenvalue weighted by Crippen LogP contribution is -2.48. The summed E-state index contributed by atoms with van der Waals surface area (Å²) in [7, 11) is 4.41. The van der Waals surface area contributed by atoms with Crippen molar-refractivity contribution in [2.24, 2.45) is 17.2 Å². The van der Waals surface area contributed by atoms with E-state index < -0.39 is 23.8 Å². The van der Waals surface area contributed by atoms with Crippen molar-refractivity contribution < 1.29 is 14.4 Å². The highest BCUT2D eigenvalue weighted by Crippen LogP contribution is 2.14. The number of carbonyl (C=O) groups excluding carboxylic acids is 3. The third kappa shape index (κ3) is 8.38. The van der Waals surface area contributed by atoms with Crippen molar-refractivity contribution in [2.45, 2.75) is 19.0 Å². The van der Waals surface area contributed by atoms with Crippen molar-refractivity contribution in [3.63, 3.8) is 0 Å². The van der Waals surface area contributed by atoms with Crippen LogP contribution < -0.4 is 27.8 Å². The molecule has 28 heavy (non-hydrogen) atoms. The molecule has 1 aromatic heterocycles. The molecule has 0 radical (unpaired) electrons. The fourth-order valence-corrected chi connectivity index (χ4v) is 2.09. The summed E-state index contributed by atoms with van der Waals surface area (Å²) in [6, 6.07) is 8.37. The third-order valence-electron chi connectivity index (χ3n) is 3.22. The van der Waals surface area contributed by atoms with Crippen LogP contribution in [0.2, 0.25) is 0 Å². The van der Waals surface area contributed by atoms with Crippen LogP contribution in [-0.4, -0.2) is 59.9 Å². The molecule has 8 N–H and O–H groups in total. The number of carbonyl (C=O) groups is 3. The number of amides is 3. The van der Waals surface area contributed by atoms with Gasteiger partial charge in [-0.2, -0.15) is 0 Å². The molecule has 2 aromatic rings. The van der Waals surface area contributed by atoms with Gasteiger partial charge in [0.2, 0.25) is 17.7 Å². The third-order valence-corrected chi connectivity index (χ3v) is 3.22. The fraction of sp³-hybridized carbons (Fsp3) is 0.353. The van der Waals surface area contributed by atoms with E-state index in [0.717, 1.165) is 5.56 Å². The first kappa shape index (κ1) is 24.7. The van der Waals surface area contributed by atoms with Gasteiger partial charge in [-0.1, -0.05) is 35.5 Å². The second kappa shape index (κ2) is 13.8. The maximum absolute atomic E-state index is 12.0. The van der Waals surface area contributed by atoms with Crippen LogP contribution in [0, 0.1) is 0 Å². The number of hydrogen-bond donors (Lipinski definition) is 5. The molecule has 11 nitrogen and oxygen atoms in total. The molecule has 154 valence electrons. The molecule has 0 aliphatic rings. The lowest BCUT2D eigenvalue weighted by atomic mass is 10.2. The first-order chi connectivity index (χ1) is 13.5. The van der Waals surface area contributed by atoms with Crippen LogP contribution in [0.3, 0.4) is 0 Å². The average Bonchev–Trinajstić information content (AvgIpc) is 3.18. The molecule has 11 heteroatoms. The molecule has 3 amide bonds. The van der Waals surface area contributed by atoms with Gasteiger partial charge in [-0.3, -0.25) is 14.4 Å². The van der Waals surface area contributed by atoms with E-state index in [1.165, 1.54) is 25.8 Å². The number of benzene rings is 1. The Balaban J connectivity index is 0.00000171. The molecule has 0 fully saturated rings. The van der Waals surface area contributed by atoms with Crippen molar-refractivity contribution in [3.8, 4) is 11.3 Å². The van der Waals surface area contributed by atoms with Crippen molar-refractivity contribution in [3.05, 3.63) is 36.5 Å². The SMILES string of the molecule is CN.CN.CNC(=O)[C@H](CC(N)=O)NC(=O)Cn1cc(-c2ccccc2)nn1. The van der Waals surface area contributed by atoms with Gasteiger partial charge in [0, 0.05) is 12.6 Å². The Hall–Kier alpha value is -3.31. The fourth-order valence-electron chi connectivity index (χ4n) is 2.09. The van der Waals surface area contributed by atoms with E-state index in [4.69, 9.17) is 5.73 Å². The summed E-state index contributed by atoms with van der Waals surface area (Å²) in [5, 5.41) is 12.7.